The van der Waals surface area contributed by atoms with Crippen molar-refractivity contribution in [2.24, 2.45) is 5.73 Å². The molecule has 6 nitrogen and oxygen atoms in total. The molecule has 138 valence electrons. The fraction of sp³-hybridized carbons (Fsp3) is 0.471. The summed E-state index contributed by atoms with van der Waals surface area (Å²) in [6.07, 6.45) is -1.60. The molecule has 0 unspecified atom stereocenters. The standard InChI is InChI=1S/C17H17F3N4O2/c18-17(19,20)9-1-3-10(4-2-9)24-16(22-15(23-24)8-14(21)25)12-7-11-5-6-13(12)26-11/h1-4,11-13H,5-8H2,(H2,21,25)/t11-,12-,13+/m0/s1. The molecule has 3 heterocycles. The van der Waals surface area contributed by atoms with Crippen molar-refractivity contribution in [3.05, 3.63) is 41.5 Å². The topological polar surface area (TPSA) is 83.0 Å². The van der Waals surface area contributed by atoms with Crippen LogP contribution in [0.3, 0.4) is 0 Å². The Bertz CT molecular complexity index is 832. The number of fused-ring (bicyclic) bond motifs is 2. The van der Waals surface area contributed by atoms with E-state index in [1.54, 1.807) is 0 Å². The van der Waals surface area contributed by atoms with Crippen LogP contribution >= 0.6 is 0 Å². The van der Waals surface area contributed by atoms with E-state index in [0.717, 1.165) is 31.4 Å². The molecule has 9 heteroatoms. The maximum atomic E-state index is 12.8. The summed E-state index contributed by atoms with van der Waals surface area (Å²) in [5.41, 5.74) is 4.95. The molecule has 0 saturated carbocycles. The van der Waals surface area contributed by atoms with Crippen molar-refractivity contribution >= 4 is 5.91 Å². The number of hydrogen-bond donors (Lipinski definition) is 1. The minimum Gasteiger partial charge on any atom is -0.374 e. The molecule has 0 aliphatic carbocycles. The first-order valence-corrected chi connectivity index (χ1v) is 8.38. The van der Waals surface area contributed by atoms with Gasteiger partial charge in [0.05, 0.1) is 29.9 Å². The fourth-order valence-electron chi connectivity index (χ4n) is 3.73. The van der Waals surface area contributed by atoms with Gasteiger partial charge in [-0.3, -0.25) is 4.79 Å². The summed E-state index contributed by atoms with van der Waals surface area (Å²) in [6, 6.07) is 4.71. The Morgan fingerprint density at radius 1 is 1.27 bits per heavy atom. The van der Waals surface area contributed by atoms with E-state index in [0.29, 0.717) is 11.5 Å². The summed E-state index contributed by atoms with van der Waals surface area (Å²) in [5.74, 6) is 0.305. The number of halogens is 3. The number of primary amides is 1. The zero-order chi connectivity index (χ0) is 18.5. The van der Waals surface area contributed by atoms with Crippen LogP contribution in [0.1, 0.15) is 42.4 Å². The van der Waals surface area contributed by atoms with Gasteiger partial charge in [-0.05, 0) is 43.5 Å². The highest BCUT2D eigenvalue weighted by Crippen LogP contribution is 2.44. The van der Waals surface area contributed by atoms with E-state index in [4.69, 9.17) is 10.5 Å². The second-order valence-electron chi connectivity index (χ2n) is 6.70. The number of amides is 1. The molecule has 4 rings (SSSR count). The molecule has 2 fully saturated rings. The third kappa shape index (κ3) is 3.07. The van der Waals surface area contributed by atoms with Gasteiger partial charge < -0.3 is 10.5 Å². The quantitative estimate of drug-likeness (QED) is 0.900. The van der Waals surface area contributed by atoms with E-state index < -0.39 is 17.6 Å². The maximum Gasteiger partial charge on any atom is 0.416 e. The zero-order valence-corrected chi connectivity index (χ0v) is 13.7. The van der Waals surface area contributed by atoms with E-state index in [9.17, 15) is 18.0 Å². The molecule has 1 aromatic carbocycles. The first-order valence-electron chi connectivity index (χ1n) is 8.38. The van der Waals surface area contributed by atoms with Gasteiger partial charge in [-0.15, -0.1) is 0 Å². The van der Waals surface area contributed by atoms with Gasteiger partial charge in [-0.25, -0.2) is 9.67 Å². The van der Waals surface area contributed by atoms with Crippen LogP contribution in [0, 0.1) is 0 Å². The van der Waals surface area contributed by atoms with Crippen LogP contribution in [0.2, 0.25) is 0 Å². The first-order chi connectivity index (χ1) is 12.3. The van der Waals surface area contributed by atoms with Crippen LogP contribution < -0.4 is 5.73 Å². The molecule has 1 amide bonds. The number of nitrogens with zero attached hydrogens (tertiary/aromatic N) is 3. The van der Waals surface area contributed by atoms with E-state index in [-0.39, 0.29) is 30.4 Å². The minimum absolute atomic E-state index is 0.00479. The number of ether oxygens (including phenoxy) is 1. The van der Waals surface area contributed by atoms with Gasteiger partial charge >= 0.3 is 6.18 Å². The van der Waals surface area contributed by atoms with Crippen LogP contribution in [0.25, 0.3) is 5.69 Å². The highest BCUT2D eigenvalue weighted by molar-refractivity contribution is 5.75. The number of carbonyl (C=O) groups excluding carboxylic acids is 1. The summed E-state index contributed by atoms with van der Waals surface area (Å²) in [7, 11) is 0. The molecule has 3 atom stereocenters. The Morgan fingerprint density at radius 3 is 2.54 bits per heavy atom. The number of rotatable bonds is 4. The highest BCUT2D eigenvalue weighted by Gasteiger charge is 2.44. The lowest BCUT2D eigenvalue weighted by Crippen LogP contribution is -2.19. The average Bonchev–Trinajstić information content (AvgIpc) is 3.28. The molecule has 26 heavy (non-hydrogen) atoms. The number of hydrogen-bond acceptors (Lipinski definition) is 4. The van der Waals surface area contributed by atoms with Crippen molar-refractivity contribution in [1.29, 1.82) is 0 Å². The molecule has 0 radical (unpaired) electrons. The molecular weight excluding hydrogens is 349 g/mol. The molecule has 2 bridgehead atoms. The van der Waals surface area contributed by atoms with Gasteiger partial charge in [0, 0.05) is 5.92 Å². The van der Waals surface area contributed by atoms with Gasteiger partial charge in [0.2, 0.25) is 5.91 Å². The molecule has 2 N–H and O–H groups in total. The number of benzene rings is 1. The molecule has 2 aromatic rings. The number of nitrogens with two attached hydrogens (primary N) is 1. The van der Waals surface area contributed by atoms with Crippen LogP contribution in [-0.4, -0.2) is 32.9 Å². The van der Waals surface area contributed by atoms with Gasteiger partial charge in [-0.1, -0.05) is 0 Å². The lowest BCUT2D eigenvalue weighted by molar-refractivity contribution is -0.137. The van der Waals surface area contributed by atoms with E-state index in [2.05, 4.69) is 10.1 Å². The van der Waals surface area contributed by atoms with Crippen molar-refractivity contribution in [3.63, 3.8) is 0 Å². The Morgan fingerprint density at radius 2 is 2.00 bits per heavy atom. The van der Waals surface area contributed by atoms with Crippen LogP contribution in [0.5, 0.6) is 0 Å². The van der Waals surface area contributed by atoms with Crippen molar-refractivity contribution in [2.75, 3.05) is 0 Å². The van der Waals surface area contributed by atoms with Crippen molar-refractivity contribution in [3.8, 4) is 5.69 Å². The minimum atomic E-state index is -4.40. The predicted molar refractivity (Wildman–Crippen MR) is 84.5 cm³/mol. The van der Waals surface area contributed by atoms with Gasteiger partial charge in [0.1, 0.15) is 5.82 Å². The van der Waals surface area contributed by atoms with E-state index in [1.165, 1.54) is 16.8 Å². The smallest absolute Gasteiger partial charge is 0.374 e. The summed E-state index contributed by atoms with van der Waals surface area (Å²) in [6.45, 7) is 0. The fourth-order valence-corrected chi connectivity index (χ4v) is 3.73. The Labute approximate surface area is 147 Å². The molecule has 2 saturated heterocycles. The largest absolute Gasteiger partial charge is 0.416 e. The molecule has 2 aliphatic rings. The summed E-state index contributed by atoms with van der Waals surface area (Å²) < 4.78 is 45.8. The second-order valence-corrected chi connectivity index (χ2v) is 6.70. The van der Waals surface area contributed by atoms with Gasteiger partial charge in [0.15, 0.2) is 5.82 Å². The Kier molecular flexibility index (Phi) is 3.98. The second kappa shape index (κ2) is 6.08. The average molecular weight is 366 g/mol. The lowest BCUT2D eigenvalue weighted by Gasteiger charge is -2.18. The Balaban J connectivity index is 1.72. The van der Waals surface area contributed by atoms with E-state index in [1.807, 2.05) is 0 Å². The predicted octanol–water partition coefficient (Wildman–Crippen LogP) is 2.35. The molecule has 2 aliphatic heterocycles. The van der Waals surface area contributed by atoms with Crippen molar-refractivity contribution in [1.82, 2.24) is 14.8 Å². The number of alkyl halides is 3. The SMILES string of the molecule is NC(=O)Cc1nc([C@H]2C[C@@H]3CC[C@H]2O3)n(-c2ccc(C(F)(F)F)cc2)n1. The molecular formula is C17H17F3N4O2. The third-order valence-electron chi connectivity index (χ3n) is 4.89. The number of aromatic nitrogens is 3. The van der Waals surface area contributed by atoms with Crippen LogP contribution in [0.15, 0.2) is 24.3 Å². The zero-order valence-electron chi connectivity index (χ0n) is 13.7. The highest BCUT2D eigenvalue weighted by atomic mass is 19.4. The van der Waals surface area contributed by atoms with Gasteiger partial charge in [0.25, 0.3) is 0 Å². The van der Waals surface area contributed by atoms with Crippen LogP contribution in [0.4, 0.5) is 13.2 Å². The van der Waals surface area contributed by atoms with Crippen molar-refractivity contribution in [2.45, 2.75) is 50.0 Å². The maximum absolute atomic E-state index is 12.8. The summed E-state index contributed by atoms with van der Waals surface area (Å²) in [4.78, 5) is 15.7. The summed E-state index contributed by atoms with van der Waals surface area (Å²) >= 11 is 0. The van der Waals surface area contributed by atoms with Crippen LogP contribution in [-0.2, 0) is 22.1 Å². The molecule has 1 aromatic heterocycles. The Hall–Kier alpha value is -2.42. The third-order valence-corrected chi connectivity index (χ3v) is 4.89. The summed E-state index contributed by atoms with van der Waals surface area (Å²) in [5, 5.41) is 4.31. The van der Waals surface area contributed by atoms with Gasteiger partial charge in [-0.2, -0.15) is 18.3 Å². The molecule has 0 spiro atoms. The normalized spacial score (nSPS) is 25.0. The van der Waals surface area contributed by atoms with Crippen molar-refractivity contribution < 1.29 is 22.7 Å². The first kappa shape index (κ1) is 17.0. The monoisotopic (exact) mass is 366 g/mol. The number of carbonyl (C=O) groups is 1. The van der Waals surface area contributed by atoms with E-state index >= 15 is 0 Å². The lowest BCUT2D eigenvalue weighted by atomic mass is 9.88.